The van der Waals surface area contributed by atoms with Crippen molar-refractivity contribution in [3.05, 3.63) is 83.7 Å². The molecular formula is C25H28FN3O. The fourth-order valence-electron chi connectivity index (χ4n) is 3.17. The number of carbonyl (C=O) groups excluding carboxylic acids is 1. The van der Waals surface area contributed by atoms with Gasteiger partial charge in [-0.05, 0) is 60.5 Å². The first kappa shape index (κ1) is 21.5. The molecule has 5 heteroatoms. The monoisotopic (exact) mass is 405 g/mol. The Morgan fingerprint density at radius 1 is 0.933 bits per heavy atom. The van der Waals surface area contributed by atoms with Crippen LogP contribution in [0.4, 0.5) is 15.8 Å². The van der Waals surface area contributed by atoms with Gasteiger partial charge in [0.1, 0.15) is 5.82 Å². The lowest BCUT2D eigenvalue weighted by Gasteiger charge is -2.10. The van der Waals surface area contributed by atoms with Crippen molar-refractivity contribution in [1.29, 1.82) is 0 Å². The van der Waals surface area contributed by atoms with E-state index in [-0.39, 0.29) is 11.7 Å². The summed E-state index contributed by atoms with van der Waals surface area (Å²) < 4.78 is 14.2. The minimum absolute atomic E-state index is 0.267. The number of benzene rings is 3. The van der Waals surface area contributed by atoms with Crippen LogP contribution in [-0.2, 0) is 6.54 Å². The van der Waals surface area contributed by atoms with E-state index in [1.54, 1.807) is 24.3 Å². The van der Waals surface area contributed by atoms with Crippen molar-refractivity contribution in [3.63, 3.8) is 0 Å². The van der Waals surface area contributed by atoms with Crippen LogP contribution in [0.2, 0.25) is 0 Å². The molecule has 0 spiro atoms. The van der Waals surface area contributed by atoms with Crippen LogP contribution < -0.4 is 16.0 Å². The summed E-state index contributed by atoms with van der Waals surface area (Å²) in [5.41, 5.74) is 4.76. The number of halogens is 1. The Balaban J connectivity index is 1.63. The second-order valence-electron chi connectivity index (χ2n) is 7.23. The van der Waals surface area contributed by atoms with E-state index in [2.05, 4.69) is 47.1 Å². The molecule has 0 aromatic heterocycles. The molecule has 0 bridgehead atoms. The van der Waals surface area contributed by atoms with Crippen LogP contribution in [0.1, 0.15) is 35.7 Å². The van der Waals surface area contributed by atoms with Gasteiger partial charge in [-0.15, -0.1) is 0 Å². The predicted molar refractivity (Wildman–Crippen MR) is 122 cm³/mol. The minimum atomic E-state index is -0.374. The Labute approximate surface area is 177 Å². The smallest absolute Gasteiger partial charge is 0.255 e. The lowest BCUT2D eigenvalue weighted by molar-refractivity contribution is 0.102. The molecule has 3 rings (SSSR count). The third kappa shape index (κ3) is 5.67. The second kappa shape index (κ2) is 10.6. The molecule has 30 heavy (non-hydrogen) atoms. The van der Waals surface area contributed by atoms with Gasteiger partial charge in [0.2, 0.25) is 0 Å². The predicted octanol–water partition coefficient (Wildman–Crippen LogP) is 5.68. The first-order valence-corrected chi connectivity index (χ1v) is 10.3. The fourth-order valence-corrected chi connectivity index (χ4v) is 3.17. The molecule has 0 heterocycles. The molecule has 0 fully saturated rings. The van der Waals surface area contributed by atoms with Gasteiger partial charge in [-0.2, -0.15) is 0 Å². The number of rotatable bonds is 9. The van der Waals surface area contributed by atoms with Crippen LogP contribution in [0, 0.1) is 5.82 Å². The minimum Gasteiger partial charge on any atom is -0.383 e. The highest BCUT2D eigenvalue weighted by Gasteiger charge is 2.09. The molecule has 0 radical (unpaired) electrons. The van der Waals surface area contributed by atoms with Gasteiger partial charge in [0.15, 0.2) is 0 Å². The number of anilines is 2. The molecule has 0 unspecified atom stereocenters. The number of amides is 1. The lowest BCUT2D eigenvalue weighted by atomic mass is 10.0. The van der Waals surface area contributed by atoms with E-state index < -0.39 is 0 Å². The maximum Gasteiger partial charge on any atom is 0.255 e. The number of carbonyl (C=O) groups is 1. The standard InChI is InChI=1S/C25H28FN3O/c1-3-4-15-28-24-14-13-22(16-23(24)26)29-25(30)21-11-9-20(10-12-21)19-7-5-18(6-8-19)17-27-2/h5-14,16,27-28H,3-4,15,17H2,1-2H3,(H,29,30). The summed E-state index contributed by atoms with van der Waals surface area (Å²) in [7, 11) is 1.92. The van der Waals surface area contributed by atoms with Crippen LogP contribution in [0.3, 0.4) is 0 Å². The number of nitrogens with one attached hydrogen (secondary N) is 3. The Morgan fingerprint density at radius 2 is 1.60 bits per heavy atom. The zero-order valence-electron chi connectivity index (χ0n) is 17.5. The van der Waals surface area contributed by atoms with Crippen LogP contribution in [0.5, 0.6) is 0 Å². The van der Waals surface area contributed by atoms with Crippen LogP contribution in [0.15, 0.2) is 66.7 Å². The van der Waals surface area contributed by atoms with Crippen molar-refractivity contribution in [1.82, 2.24) is 5.32 Å². The van der Waals surface area contributed by atoms with Gasteiger partial charge in [-0.25, -0.2) is 4.39 Å². The quantitative estimate of drug-likeness (QED) is 0.402. The van der Waals surface area contributed by atoms with Crippen molar-refractivity contribution in [2.24, 2.45) is 0 Å². The van der Waals surface area contributed by atoms with E-state index >= 15 is 0 Å². The average molecular weight is 406 g/mol. The van der Waals surface area contributed by atoms with E-state index in [4.69, 9.17) is 0 Å². The number of hydrogen-bond acceptors (Lipinski definition) is 3. The summed E-state index contributed by atoms with van der Waals surface area (Å²) in [5.74, 6) is -0.641. The zero-order valence-corrected chi connectivity index (χ0v) is 17.5. The molecule has 3 aromatic rings. The highest BCUT2D eigenvalue weighted by Crippen LogP contribution is 2.22. The molecule has 0 saturated carbocycles. The third-order valence-corrected chi connectivity index (χ3v) is 4.89. The molecule has 156 valence electrons. The van der Waals surface area contributed by atoms with Gasteiger partial charge in [0.25, 0.3) is 5.91 Å². The Hall–Kier alpha value is -3.18. The fraction of sp³-hybridized carbons (Fsp3) is 0.240. The summed E-state index contributed by atoms with van der Waals surface area (Å²) in [4.78, 5) is 12.5. The molecule has 3 N–H and O–H groups in total. The topological polar surface area (TPSA) is 53.2 Å². The van der Waals surface area contributed by atoms with Crippen LogP contribution >= 0.6 is 0 Å². The van der Waals surface area contributed by atoms with Gasteiger partial charge in [-0.1, -0.05) is 49.7 Å². The molecule has 3 aromatic carbocycles. The van der Waals surface area contributed by atoms with E-state index in [0.29, 0.717) is 16.9 Å². The lowest BCUT2D eigenvalue weighted by Crippen LogP contribution is -2.12. The molecule has 0 atom stereocenters. The summed E-state index contributed by atoms with van der Waals surface area (Å²) in [5, 5.41) is 8.96. The SMILES string of the molecule is CCCCNc1ccc(NC(=O)c2ccc(-c3ccc(CNC)cc3)cc2)cc1F. The number of hydrogen-bond donors (Lipinski definition) is 3. The first-order valence-electron chi connectivity index (χ1n) is 10.3. The molecular weight excluding hydrogens is 377 g/mol. The average Bonchev–Trinajstić information content (AvgIpc) is 2.76. The Kier molecular flexibility index (Phi) is 7.57. The van der Waals surface area contributed by atoms with Gasteiger partial charge in [0, 0.05) is 24.3 Å². The van der Waals surface area contributed by atoms with Crippen LogP contribution in [0.25, 0.3) is 11.1 Å². The van der Waals surface area contributed by atoms with Crippen molar-refractivity contribution in [3.8, 4) is 11.1 Å². The molecule has 1 amide bonds. The summed E-state index contributed by atoms with van der Waals surface area (Å²) in [6.45, 7) is 3.64. The Morgan fingerprint density at radius 3 is 2.20 bits per heavy atom. The second-order valence-corrected chi connectivity index (χ2v) is 7.23. The molecule has 0 aliphatic rings. The maximum absolute atomic E-state index is 14.2. The van der Waals surface area contributed by atoms with Crippen molar-refractivity contribution < 1.29 is 9.18 Å². The van der Waals surface area contributed by atoms with Gasteiger partial charge < -0.3 is 16.0 Å². The van der Waals surface area contributed by atoms with Crippen LogP contribution in [-0.4, -0.2) is 19.5 Å². The summed E-state index contributed by atoms with van der Waals surface area (Å²) >= 11 is 0. The number of unbranched alkanes of at least 4 members (excludes halogenated alkanes) is 1. The first-order chi connectivity index (χ1) is 14.6. The zero-order chi connectivity index (χ0) is 21.3. The van der Waals surface area contributed by atoms with Crippen molar-refractivity contribution >= 4 is 17.3 Å². The third-order valence-electron chi connectivity index (χ3n) is 4.89. The van der Waals surface area contributed by atoms with E-state index in [1.165, 1.54) is 11.6 Å². The van der Waals surface area contributed by atoms with E-state index in [1.807, 2.05) is 19.2 Å². The maximum atomic E-state index is 14.2. The molecule has 0 aliphatic carbocycles. The Bertz CT molecular complexity index is 969. The summed E-state index contributed by atoms with van der Waals surface area (Å²) in [6.07, 6.45) is 2.03. The largest absolute Gasteiger partial charge is 0.383 e. The van der Waals surface area contributed by atoms with Gasteiger partial charge >= 0.3 is 0 Å². The highest BCUT2D eigenvalue weighted by atomic mass is 19.1. The molecule has 4 nitrogen and oxygen atoms in total. The van der Waals surface area contributed by atoms with E-state index in [0.717, 1.165) is 37.1 Å². The van der Waals surface area contributed by atoms with Gasteiger partial charge in [0.05, 0.1) is 5.69 Å². The normalized spacial score (nSPS) is 10.6. The van der Waals surface area contributed by atoms with Crippen molar-refractivity contribution in [2.75, 3.05) is 24.2 Å². The van der Waals surface area contributed by atoms with E-state index in [9.17, 15) is 9.18 Å². The van der Waals surface area contributed by atoms with Gasteiger partial charge in [-0.3, -0.25) is 4.79 Å². The highest BCUT2D eigenvalue weighted by molar-refractivity contribution is 6.04. The summed E-state index contributed by atoms with van der Waals surface area (Å²) in [6, 6.07) is 20.4. The molecule has 0 saturated heterocycles. The molecule has 0 aliphatic heterocycles. The van der Waals surface area contributed by atoms with Crippen molar-refractivity contribution in [2.45, 2.75) is 26.3 Å².